The first-order chi connectivity index (χ1) is 16.8. The highest BCUT2D eigenvalue weighted by Crippen LogP contribution is 2.36. The Balaban J connectivity index is 1.57. The number of rotatable bonds is 5. The summed E-state index contributed by atoms with van der Waals surface area (Å²) in [6.45, 7) is 8.38. The number of fused-ring (bicyclic) bond motifs is 1. The molecule has 178 valence electrons. The zero-order valence-electron chi connectivity index (χ0n) is 20.3. The zero-order chi connectivity index (χ0) is 24.7. The number of amides is 2. The van der Waals surface area contributed by atoms with E-state index in [0.717, 1.165) is 27.9 Å². The molecule has 2 aromatic heterocycles. The lowest BCUT2D eigenvalue weighted by atomic mass is 9.92. The van der Waals surface area contributed by atoms with Gasteiger partial charge in [-0.05, 0) is 62.6 Å². The van der Waals surface area contributed by atoms with Gasteiger partial charge in [0.1, 0.15) is 16.9 Å². The second kappa shape index (κ2) is 8.58. The van der Waals surface area contributed by atoms with Crippen LogP contribution in [0.4, 0.5) is 5.69 Å². The van der Waals surface area contributed by atoms with Crippen LogP contribution in [0.15, 0.2) is 71.3 Å². The first-order valence-corrected chi connectivity index (χ1v) is 11.6. The number of hydrogen-bond acceptors (Lipinski definition) is 4. The number of furan rings is 1. The lowest BCUT2D eigenvalue weighted by Gasteiger charge is -2.43. The van der Waals surface area contributed by atoms with Crippen molar-refractivity contribution in [1.29, 1.82) is 0 Å². The van der Waals surface area contributed by atoms with Crippen molar-refractivity contribution in [2.75, 3.05) is 4.90 Å². The molecule has 0 spiro atoms. The van der Waals surface area contributed by atoms with Crippen LogP contribution in [-0.2, 0) is 17.9 Å². The molecular weight excluding hydrogens is 440 g/mol. The van der Waals surface area contributed by atoms with Gasteiger partial charge in [-0.25, -0.2) is 0 Å². The summed E-state index contributed by atoms with van der Waals surface area (Å²) in [5.41, 5.74) is 4.63. The summed E-state index contributed by atoms with van der Waals surface area (Å²) in [6.07, 6.45) is 1.57. The summed E-state index contributed by atoms with van der Waals surface area (Å²) in [6, 6.07) is 19.1. The quantitative estimate of drug-likeness (QED) is 0.456. The number of hydrogen-bond donors (Lipinski definition) is 1. The third kappa shape index (κ3) is 3.93. The molecule has 2 amide bonds. The topological polar surface area (TPSA) is 80.4 Å². The van der Waals surface area contributed by atoms with Crippen LogP contribution in [0, 0.1) is 20.8 Å². The van der Waals surface area contributed by atoms with Crippen molar-refractivity contribution in [2.24, 2.45) is 0 Å². The number of aryl methyl sites for hydroxylation is 2. The number of benzene rings is 2. The van der Waals surface area contributed by atoms with Crippen molar-refractivity contribution in [3.05, 3.63) is 94.9 Å². The van der Waals surface area contributed by atoms with Crippen molar-refractivity contribution >= 4 is 17.5 Å². The summed E-state index contributed by atoms with van der Waals surface area (Å²) in [5, 5.41) is 7.68. The first-order valence-electron chi connectivity index (χ1n) is 11.6. The van der Waals surface area contributed by atoms with Gasteiger partial charge in [-0.2, -0.15) is 5.10 Å². The van der Waals surface area contributed by atoms with E-state index < -0.39 is 5.54 Å². The van der Waals surface area contributed by atoms with Gasteiger partial charge in [-0.15, -0.1) is 0 Å². The highest BCUT2D eigenvalue weighted by molar-refractivity contribution is 6.12. The standard InChI is InChI=1S/C28H28N4O3/c1-18-8-5-10-21(14-18)16-29-27(34)28(4)17-31-24(15-22(30-31)25-12-7-13-35-25)26(33)32(28)23-11-6-9-19(2)20(23)3/h5-15H,16-17H2,1-4H3,(H,29,34)/t28-/m1/s1. The van der Waals surface area contributed by atoms with Crippen molar-refractivity contribution < 1.29 is 14.0 Å². The van der Waals surface area contributed by atoms with Gasteiger partial charge in [0.15, 0.2) is 5.76 Å². The minimum absolute atomic E-state index is 0.210. The molecule has 0 saturated carbocycles. The zero-order valence-corrected chi connectivity index (χ0v) is 20.3. The Morgan fingerprint density at radius 1 is 1.09 bits per heavy atom. The Morgan fingerprint density at radius 3 is 2.63 bits per heavy atom. The molecule has 35 heavy (non-hydrogen) atoms. The van der Waals surface area contributed by atoms with Crippen molar-refractivity contribution in [1.82, 2.24) is 15.1 Å². The molecule has 0 fully saturated rings. The van der Waals surface area contributed by atoms with Crippen LogP contribution in [-0.4, -0.2) is 27.1 Å². The second-order valence-corrected chi connectivity index (χ2v) is 9.35. The van der Waals surface area contributed by atoms with Gasteiger partial charge in [-0.1, -0.05) is 42.0 Å². The third-order valence-corrected chi connectivity index (χ3v) is 6.77. The van der Waals surface area contributed by atoms with Gasteiger partial charge in [0.2, 0.25) is 5.91 Å². The van der Waals surface area contributed by atoms with Crippen LogP contribution in [0.25, 0.3) is 11.5 Å². The minimum Gasteiger partial charge on any atom is -0.463 e. The van der Waals surface area contributed by atoms with E-state index in [-0.39, 0.29) is 18.4 Å². The van der Waals surface area contributed by atoms with Gasteiger partial charge >= 0.3 is 0 Å². The van der Waals surface area contributed by atoms with E-state index in [2.05, 4.69) is 10.4 Å². The molecule has 1 aliphatic heterocycles. The summed E-state index contributed by atoms with van der Waals surface area (Å²) in [7, 11) is 0. The van der Waals surface area contributed by atoms with Crippen LogP contribution in [0.1, 0.15) is 39.7 Å². The maximum atomic E-state index is 14.0. The van der Waals surface area contributed by atoms with Crippen LogP contribution < -0.4 is 10.2 Å². The average Bonchev–Trinajstić information content (AvgIpc) is 3.50. The predicted molar refractivity (Wildman–Crippen MR) is 134 cm³/mol. The number of aromatic nitrogens is 2. The maximum Gasteiger partial charge on any atom is 0.277 e. The smallest absolute Gasteiger partial charge is 0.277 e. The van der Waals surface area contributed by atoms with E-state index in [9.17, 15) is 9.59 Å². The highest BCUT2D eigenvalue weighted by atomic mass is 16.3. The predicted octanol–water partition coefficient (Wildman–Crippen LogP) is 4.80. The molecule has 1 N–H and O–H groups in total. The SMILES string of the molecule is Cc1cccc(CNC(=O)[C@@]2(C)Cn3nc(-c4ccco4)cc3C(=O)N2c2cccc(C)c2C)c1. The van der Waals surface area contributed by atoms with Crippen LogP contribution in [0.2, 0.25) is 0 Å². The van der Waals surface area contributed by atoms with E-state index >= 15 is 0 Å². The van der Waals surface area contributed by atoms with Gasteiger partial charge in [0.05, 0.1) is 12.8 Å². The van der Waals surface area contributed by atoms with Gasteiger partial charge in [0, 0.05) is 18.3 Å². The molecule has 0 saturated heterocycles. The minimum atomic E-state index is -1.20. The molecule has 5 rings (SSSR count). The molecule has 0 unspecified atom stereocenters. The maximum absolute atomic E-state index is 14.0. The molecule has 3 heterocycles. The monoisotopic (exact) mass is 468 g/mol. The second-order valence-electron chi connectivity index (χ2n) is 9.35. The Kier molecular flexibility index (Phi) is 5.55. The molecule has 0 aliphatic carbocycles. The number of nitrogens with zero attached hydrogens (tertiary/aromatic N) is 3. The summed E-state index contributed by atoms with van der Waals surface area (Å²) in [5.74, 6) is 0.0565. The van der Waals surface area contributed by atoms with E-state index in [1.54, 1.807) is 41.0 Å². The lowest BCUT2D eigenvalue weighted by Crippen LogP contribution is -2.64. The van der Waals surface area contributed by atoms with E-state index in [4.69, 9.17) is 4.42 Å². The summed E-state index contributed by atoms with van der Waals surface area (Å²) >= 11 is 0. The van der Waals surface area contributed by atoms with E-state index in [0.29, 0.717) is 23.7 Å². The van der Waals surface area contributed by atoms with Gasteiger partial charge < -0.3 is 9.73 Å². The Hall–Kier alpha value is -4.13. The average molecular weight is 469 g/mol. The first kappa shape index (κ1) is 22.7. The molecular formula is C28H28N4O3. The molecule has 1 aliphatic rings. The fourth-order valence-electron chi connectivity index (χ4n) is 4.68. The Labute approximate surface area is 204 Å². The Bertz CT molecular complexity index is 1420. The highest BCUT2D eigenvalue weighted by Gasteiger charge is 2.49. The summed E-state index contributed by atoms with van der Waals surface area (Å²) in [4.78, 5) is 29.4. The fraction of sp³-hybridized carbons (Fsp3) is 0.250. The number of anilines is 1. The van der Waals surface area contributed by atoms with Crippen LogP contribution in [0.3, 0.4) is 0 Å². The van der Waals surface area contributed by atoms with Gasteiger partial charge in [-0.3, -0.25) is 19.2 Å². The van der Waals surface area contributed by atoms with E-state index in [1.807, 2.05) is 63.2 Å². The van der Waals surface area contributed by atoms with Crippen molar-refractivity contribution in [2.45, 2.75) is 46.3 Å². The molecule has 7 heteroatoms. The molecule has 0 radical (unpaired) electrons. The lowest BCUT2D eigenvalue weighted by molar-refractivity contribution is -0.126. The molecule has 2 aromatic carbocycles. The molecule has 1 atom stereocenters. The number of nitrogens with one attached hydrogen (secondary N) is 1. The molecule has 7 nitrogen and oxygen atoms in total. The van der Waals surface area contributed by atoms with Crippen molar-refractivity contribution in [3.8, 4) is 11.5 Å². The normalized spacial score (nSPS) is 17.4. The third-order valence-electron chi connectivity index (χ3n) is 6.77. The van der Waals surface area contributed by atoms with Crippen molar-refractivity contribution in [3.63, 3.8) is 0 Å². The molecule has 0 bridgehead atoms. The number of carbonyl (C=O) groups excluding carboxylic acids is 2. The fourth-order valence-corrected chi connectivity index (χ4v) is 4.68. The van der Waals surface area contributed by atoms with Crippen LogP contribution >= 0.6 is 0 Å². The largest absolute Gasteiger partial charge is 0.463 e. The summed E-state index contributed by atoms with van der Waals surface area (Å²) < 4.78 is 7.11. The molecule has 4 aromatic rings. The van der Waals surface area contributed by atoms with Crippen LogP contribution in [0.5, 0.6) is 0 Å². The van der Waals surface area contributed by atoms with Gasteiger partial charge in [0.25, 0.3) is 5.91 Å². The Morgan fingerprint density at radius 2 is 1.89 bits per heavy atom. The number of carbonyl (C=O) groups is 2. The van der Waals surface area contributed by atoms with E-state index in [1.165, 1.54) is 0 Å².